The van der Waals surface area contributed by atoms with Crippen LogP contribution in [-0.4, -0.2) is 29.7 Å². The molecule has 96 valence electrons. The minimum Gasteiger partial charge on any atom is -0.497 e. The van der Waals surface area contributed by atoms with Crippen molar-refractivity contribution in [3.8, 4) is 5.75 Å². The Kier molecular flexibility index (Phi) is 3.19. The van der Waals surface area contributed by atoms with Crippen molar-refractivity contribution in [2.75, 3.05) is 20.3 Å². The normalized spacial score (nSPS) is 20.2. The number of methoxy groups -OCH3 is 1. The molecule has 1 aliphatic heterocycles. The van der Waals surface area contributed by atoms with Gasteiger partial charge in [0.1, 0.15) is 11.6 Å². The van der Waals surface area contributed by atoms with Crippen molar-refractivity contribution in [1.82, 2.24) is 9.38 Å². The van der Waals surface area contributed by atoms with Crippen molar-refractivity contribution in [2.45, 2.75) is 19.3 Å². The average Bonchev–Trinajstić information content (AvgIpc) is 2.82. The maximum Gasteiger partial charge on any atom is 0.122 e. The lowest BCUT2D eigenvalue weighted by Gasteiger charge is -2.21. The summed E-state index contributed by atoms with van der Waals surface area (Å²) in [6.45, 7) is 1.78. The number of rotatable bonds is 3. The van der Waals surface area contributed by atoms with Crippen LogP contribution in [0.5, 0.6) is 5.75 Å². The third-order valence-corrected chi connectivity index (χ3v) is 3.54. The Bertz CT molecular complexity index is 530. The number of fused-ring (bicyclic) bond motifs is 1. The molecular formula is C14H18N2O2. The molecule has 0 saturated carbocycles. The molecule has 0 N–H and O–H groups in total. The number of aromatic nitrogens is 2. The molecule has 4 heteroatoms. The molecule has 3 heterocycles. The van der Waals surface area contributed by atoms with Gasteiger partial charge in [0.25, 0.3) is 0 Å². The van der Waals surface area contributed by atoms with E-state index in [2.05, 4.69) is 9.38 Å². The van der Waals surface area contributed by atoms with Gasteiger partial charge in [0.15, 0.2) is 0 Å². The summed E-state index contributed by atoms with van der Waals surface area (Å²) in [4.78, 5) is 4.52. The number of nitrogens with zero attached hydrogens (tertiary/aromatic N) is 2. The van der Waals surface area contributed by atoms with Gasteiger partial charge in [0.2, 0.25) is 0 Å². The standard InChI is InChI=1S/C14H18N2O2/c1-17-13-4-5-16-12(8-13)9-15-14(16)7-11-3-2-6-18-10-11/h4-5,8-9,11H,2-3,6-7,10H2,1H3. The zero-order valence-corrected chi connectivity index (χ0v) is 10.6. The molecular weight excluding hydrogens is 228 g/mol. The molecule has 3 rings (SSSR count). The Morgan fingerprint density at radius 1 is 1.56 bits per heavy atom. The molecule has 2 aromatic rings. The zero-order valence-electron chi connectivity index (χ0n) is 10.6. The average molecular weight is 246 g/mol. The van der Waals surface area contributed by atoms with E-state index in [9.17, 15) is 0 Å². The van der Waals surface area contributed by atoms with E-state index < -0.39 is 0 Å². The molecule has 1 fully saturated rings. The lowest BCUT2D eigenvalue weighted by Crippen LogP contribution is -2.20. The summed E-state index contributed by atoms with van der Waals surface area (Å²) >= 11 is 0. The fourth-order valence-corrected chi connectivity index (χ4v) is 2.54. The quantitative estimate of drug-likeness (QED) is 0.833. The van der Waals surface area contributed by atoms with Crippen molar-refractivity contribution in [3.63, 3.8) is 0 Å². The Morgan fingerprint density at radius 2 is 2.50 bits per heavy atom. The molecule has 2 aromatic heterocycles. The molecule has 0 aromatic carbocycles. The van der Waals surface area contributed by atoms with Gasteiger partial charge >= 0.3 is 0 Å². The third kappa shape index (κ3) is 2.20. The van der Waals surface area contributed by atoms with E-state index in [4.69, 9.17) is 9.47 Å². The summed E-state index contributed by atoms with van der Waals surface area (Å²) in [7, 11) is 1.68. The van der Waals surface area contributed by atoms with Gasteiger partial charge in [0.05, 0.1) is 18.8 Å². The highest BCUT2D eigenvalue weighted by atomic mass is 16.5. The summed E-state index contributed by atoms with van der Waals surface area (Å²) in [6.07, 6.45) is 7.33. The number of hydrogen-bond donors (Lipinski definition) is 0. The smallest absolute Gasteiger partial charge is 0.122 e. The first-order valence-electron chi connectivity index (χ1n) is 6.44. The number of imidazole rings is 1. The van der Waals surface area contributed by atoms with Crippen molar-refractivity contribution in [3.05, 3.63) is 30.4 Å². The molecule has 0 aliphatic carbocycles. The van der Waals surface area contributed by atoms with Gasteiger partial charge < -0.3 is 13.9 Å². The first-order valence-corrected chi connectivity index (χ1v) is 6.44. The highest BCUT2D eigenvalue weighted by Crippen LogP contribution is 2.21. The number of pyridine rings is 1. The Morgan fingerprint density at radius 3 is 3.28 bits per heavy atom. The maximum absolute atomic E-state index is 5.52. The van der Waals surface area contributed by atoms with Gasteiger partial charge in [-0.05, 0) is 24.8 Å². The molecule has 4 nitrogen and oxygen atoms in total. The third-order valence-electron chi connectivity index (χ3n) is 3.54. The lowest BCUT2D eigenvalue weighted by atomic mass is 9.98. The van der Waals surface area contributed by atoms with E-state index in [1.807, 2.05) is 24.5 Å². The van der Waals surface area contributed by atoms with Crippen LogP contribution in [0.2, 0.25) is 0 Å². The minimum absolute atomic E-state index is 0.603. The van der Waals surface area contributed by atoms with Gasteiger partial charge in [-0.3, -0.25) is 0 Å². The molecule has 0 spiro atoms. The van der Waals surface area contributed by atoms with Crippen LogP contribution in [0.3, 0.4) is 0 Å². The molecule has 1 atom stereocenters. The van der Waals surface area contributed by atoms with Crippen LogP contribution in [0, 0.1) is 5.92 Å². The fraction of sp³-hybridized carbons (Fsp3) is 0.500. The SMILES string of the molecule is COc1ccn2c(CC3CCCOC3)ncc2c1. The van der Waals surface area contributed by atoms with E-state index >= 15 is 0 Å². The van der Waals surface area contributed by atoms with Gasteiger partial charge in [-0.2, -0.15) is 0 Å². The molecule has 1 unspecified atom stereocenters. The summed E-state index contributed by atoms with van der Waals surface area (Å²) in [5.74, 6) is 2.59. The molecule has 1 aliphatic rings. The summed E-state index contributed by atoms with van der Waals surface area (Å²) in [5, 5.41) is 0. The van der Waals surface area contributed by atoms with E-state index in [0.717, 1.165) is 36.7 Å². The van der Waals surface area contributed by atoms with Crippen LogP contribution in [0.4, 0.5) is 0 Å². The minimum atomic E-state index is 0.603. The van der Waals surface area contributed by atoms with Crippen molar-refractivity contribution in [2.24, 2.45) is 5.92 Å². The first kappa shape index (κ1) is 11.5. The second-order valence-corrected chi connectivity index (χ2v) is 4.82. The van der Waals surface area contributed by atoms with E-state index in [-0.39, 0.29) is 0 Å². The Labute approximate surface area is 107 Å². The van der Waals surface area contributed by atoms with Crippen LogP contribution < -0.4 is 4.74 Å². The topological polar surface area (TPSA) is 35.8 Å². The van der Waals surface area contributed by atoms with Gasteiger partial charge in [-0.1, -0.05) is 0 Å². The van der Waals surface area contributed by atoms with Crippen LogP contribution in [0.15, 0.2) is 24.5 Å². The van der Waals surface area contributed by atoms with Crippen LogP contribution in [0.1, 0.15) is 18.7 Å². The molecule has 0 bridgehead atoms. The second-order valence-electron chi connectivity index (χ2n) is 4.82. The predicted molar refractivity (Wildman–Crippen MR) is 69.0 cm³/mol. The molecule has 18 heavy (non-hydrogen) atoms. The summed E-state index contributed by atoms with van der Waals surface area (Å²) in [5.41, 5.74) is 1.08. The second kappa shape index (κ2) is 4.98. The highest BCUT2D eigenvalue weighted by Gasteiger charge is 2.16. The summed E-state index contributed by atoms with van der Waals surface area (Å²) in [6, 6.07) is 3.98. The van der Waals surface area contributed by atoms with Gasteiger partial charge in [-0.25, -0.2) is 4.98 Å². The van der Waals surface area contributed by atoms with Gasteiger partial charge in [-0.15, -0.1) is 0 Å². The van der Waals surface area contributed by atoms with Crippen LogP contribution in [0.25, 0.3) is 5.52 Å². The first-order chi connectivity index (χ1) is 8.86. The van der Waals surface area contributed by atoms with Crippen molar-refractivity contribution < 1.29 is 9.47 Å². The molecule has 0 amide bonds. The van der Waals surface area contributed by atoms with E-state index in [1.165, 1.54) is 12.8 Å². The van der Waals surface area contributed by atoms with Crippen LogP contribution in [-0.2, 0) is 11.2 Å². The Hall–Kier alpha value is -1.55. The maximum atomic E-state index is 5.52. The van der Waals surface area contributed by atoms with E-state index in [0.29, 0.717) is 5.92 Å². The summed E-state index contributed by atoms with van der Waals surface area (Å²) < 4.78 is 12.9. The van der Waals surface area contributed by atoms with Gasteiger partial charge in [0, 0.05) is 31.9 Å². The van der Waals surface area contributed by atoms with Crippen molar-refractivity contribution in [1.29, 1.82) is 0 Å². The van der Waals surface area contributed by atoms with Crippen LogP contribution >= 0.6 is 0 Å². The van der Waals surface area contributed by atoms with E-state index in [1.54, 1.807) is 7.11 Å². The molecule has 1 saturated heterocycles. The Balaban J connectivity index is 1.83. The zero-order chi connectivity index (χ0) is 12.4. The predicted octanol–water partition coefficient (Wildman–Crippen LogP) is 2.31. The monoisotopic (exact) mass is 246 g/mol. The number of hydrogen-bond acceptors (Lipinski definition) is 3. The fourth-order valence-electron chi connectivity index (χ4n) is 2.54. The molecule has 0 radical (unpaired) electrons. The lowest BCUT2D eigenvalue weighted by molar-refractivity contribution is 0.0542. The number of ether oxygens (including phenoxy) is 2. The largest absolute Gasteiger partial charge is 0.497 e. The van der Waals surface area contributed by atoms with Crippen molar-refractivity contribution >= 4 is 5.52 Å². The highest BCUT2D eigenvalue weighted by molar-refractivity contribution is 5.50.